The van der Waals surface area contributed by atoms with Crippen LogP contribution in [0.15, 0.2) is 38.4 Å². The van der Waals surface area contributed by atoms with E-state index in [2.05, 4.69) is 25.9 Å². The summed E-state index contributed by atoms with van der Waals surface area (Å²) in [5.41, 5.74) is 7.00. The molecule has 1 aromatic rings. The number of carbonyl (C=O) groups excluding carboxylic acids is 1. The van der Waals surface area contributed by atoms with Crippen molar-refractivity contribution in [2.24, 2.45) is 10.7 Å². The van der Waals surface area contributed by atoms with E-state index in [9.17, 15) is 13.2 Å². The van der Waals surface area contributed by atoms with Gasteiger partial charge in [-0.1, -0.05) is 11.6 Å². The van der Waals surface area contributed by atoms with Crippen LogP contribution < -0.4 is 5.73 Å². The van der Waals surface area contributed by atoms with Crippen LogP contribution in [-0.4, -0.2) is 55.6 Å². The smallest absolute Gasteiger partial charge is 0.327 e. The molecule has 0 aromatic carbocycles. The number of ether oxygens (including phenoxy) is 1. The van der Waals surface area contributed by atoms with Crippen LogP contribution in [0.3, 0.4) is 0 Å². The number of esters is 1. The summed E-state index contributed by atoms with van der Waals surface area (Å²) in [5.74, 6) is -0.438. The molecule has 28 heavy (non-hydrogen) atoms. The number of likely N-dealkylation sites (N-methyl/N-ethyl adjacent to an activating group) is 1. The number of pyridine rings is 1. The second-order valence-corrected chi connectivity index (χ2v) is 9.27. The van der Waals surface area contributed by atoms with Gasteiger partial charge in [-0.3, -0.25) is 9.79 Å². The van der Waals surface area contributed by atoms with Crippen molar-refractivity contribution in [3.05, 3.63) is 33.7 Å². The number of rotatable bonds is 6. The summed E-state index contributed by atoms with van der Waals surface area (Å²) in [7, 11) is -2.36. The van der Waals surface area contributed by atoms with Crippen LogP contribution in [0.5, 0.6) is 0 Å². The highest BCUT2D eigenvalue weighted by Crippen LogP contribution is 2.30. The number of carbonyl (C=O) groups is 1. The van der Waals surface area contributed by atoms with Crippen LogP contribution in [0.1, 0.15) is 26.2 Å². The van der Waals surface area contributed by atoms with Crippen molar-refractivity contribution in [3.8, 4) is 0 Å². The van der Waals surface area contributed by atoms with Crippen LogP contribution in [0.4, 0.5) is 0 Å². The standard InChI is InChI=1S/C17H22BrClN4O4S/c1-3-27-16(24)10-21-14-5-4-6-15(12(14)8-20)23(2)28(25,26)11-7-13(18)17(19)22-9-11/h7-9,15H,3-6,10,20H2,1-2H3/t15-/m1/s1. The minimum Gasteiger partial charge on any atom is -0.465 e. The molecule has 0 amide bonds. The van der Waals surface area contributed by atoms with E-state index < -0.39 is 22.0 Å². The number of nitrogens with zero attached hydrogens (tertiary/aromatic N) is 3. The van der Waals surface area contributed by atoms with E-state index in [0.29, 0.717) is 35.0 Å². The van der Waals surface area contributed by atoms with Crippen molar-refractivity contribution in [1.29, 1.82) is 0 Å². The molecule has 1 atom stereocenters. The van der Waals surface area contributed by atoms with E-state index in [1.54, 1.807) is 6.92 Å². The zero-order valence-electron chi connectivity index (χ0n) is 15.6. The van der Waals surface area contributed by atoms with Gasteiger partial charge in [0.15, 0.2) is 0 Å². The fourth-order valence-electron chi connectivity index (χ4n) is 2.96. The molecule has 8 nitrogen and oxygen atoms in total. The highest BCUT2D eigenvalue weighted by Gasteiger charge is 2.34. The lowest BCUT2D eigenvalue weighted by Crippen LogP contribution is -2.42. The summed E-state index contributed by atoms with van der Waals surface area (Å²) in [6, 6.07) is 0.908. The maximum absolute atomic E-state index is 13.1. The van der Waals surface area contributed by atoms with Crippen molar-refractivity contribution in [2.75, 3.05) is 20.2 Å². The van der Waals surface area contributed by atoms with Crippen LogP contribution in [0.2, 0.25) is 5.15 Å². The average molecular weight is 494 g/mol. The van der Waals surface area contributed by atoms with Gasteiger partial charge in [0, 0.05) is 30.7 Å². The van der Waals surface area contributed by atoms with E-state index in [4.69, 9.17) is 22.1 Å². The molecular formula is C17H22BrClN4O4S. The minimum absolute atomic E-state index is 0.0123. The van der Waals surface area contributed by atoms with E-state index in [-0.39, 0.29) is 23.2 Å². The first-order valence-corrected chi connectivity index (χ1v) is 11.2. The predicted molar refractivity (Wildman–Crippen MR) is 111 cm³/mol. The Morgan fingerprint density at radius 3 is 2.89 bits per heavy atom. The Balaban J connectivity index is 2.30. The topological polar surface area (TPSA) is 115 Å². The fourth-order valence-corrected chi connectivity index (χ4v) is 4.90. The number of hydrogen-bond acceptors (Lipinski definition) is 7. The zero-order chi connectivity index (χ0) is 20.9. The van der Waals surface area contributed by atoms with Crippen molar-refractivity contribution < 1.29 is 17.9 Å². The Hall–Kier alpha value is -1.49. The summed E-state index contributed by atoms with van der Waals surface area (Å²) in [5, 5.41) is 0.176. The molecule has 2 rings (SSSR count). The molecule has 1 saturated carbocycles. The van der Waals surface area contributed by atoms with Gasteiger partial charge in [0.25, 0.3) is 0 Å². The first kappa shape index (κ1) is 22.8. The Morgan fingerprint density at radius 2 is 2.29 bits per heavy atom. The van der Waals surface area contributed by atoms with Crippen molar-refractivity contribution in [2.45, 2.75) is 37.1 Å². The normalized spacial score (nSPS) is 20.7. The van der Waals surface area contributed by atoms with Crippen molar-refractivity contribution >= 4 is 49.2 Å². The fraction of sp³-hybridized carbons (Fsp3) is 0.471. The quantitative estimate of drug-likeness (QED) is 0.481. The molecule has 1 aliphatic rings. The molecule has 0 radical (unpaired) electrons. The summed E-state index contributed by atoms with van der Waals surface area (Å²) >= 11 is 9.05. The Labute approximate surface area is 178 Å². The molecule has 2 N–H and O–H groups in total. The van der Waals surface area contributed by atoms with Gasteiger partial charge in [-0.2, -0.15) is 4.31 Å². The van der Waals surface area contributed by atoms with Gasteiger partial charge in [-0.05, 0) is 48.2 Å². The molecule has 1 fully saturated rings. The van der Waals surface area contributed by atoms with Crippen molar-refractivity contribution in [1.82, 2.24) is 9.29 Å². The largest absolute Gasteiger partial charge is 0.465 e. The number of aromatic nitrogens is 1. The monoisotopic (exact) mass is 492 g/mol. The summed E-state index contributed by atoms with van der Waals surface area (Å²) in [6.45, 7) is 1.87. The SMILES string of the molecule is CCOC(=O)CN=C1CCC[C@@H](N(C)S(=O)(=O)c2cnc(Cl)c(Br)c2)C1=CN. The number of aliphatic imine (C=N–C) groups is 1. The lowest BCUT2D eigenvalue weighted by atomic mass is 9.88. The molecular weight excluding hydrogens is 472 g/mol. The van der Waals surface area contributed by atoms with Gasteiger partial charge in [-0.25, -0.2) is 13.4 Å². The third-order valence-corrected chi connectivity index (χ3v) is 7.32. The summed E-state index contributed by atoms with van der Waals surface area (Å²) in [4.78, 5) is 19.8. The van der Waals surface area contributed by atoms with Crippen LogP contribution in [-0.2, 0) is 19.6 Å². The van der Waals surface area contributed by atoms with E-state index >= 15 is 0 Å². The van der Waals surface area contributed by atoms with E-state index in [1.807, 2.05) is 0 Å². The molecule has 0 aliphatic heterocycles. The number of nitrogens with two attached hydrogens (primary N) is 1. The van der Waals surface area contributed by atoms with Gasteiger partial charge < -0.3 is 10.5 Å². The minimum atomic E-state index is -3.85. The maximum Gasteiger partial charge on any atom is 0.327 e. The third-order valence-electron chi connectivity index (χ3n) is 4.35. The summed E-state index contributed by atoms with van der Waals surface area (Å²) in [6.07, 6.45) is 4.48. The van der Waals surface area contributed by atoms with Gasteiger partial charge in [-0.15, -0.1) is 0 Å². The predicted octanol–water partition coefficient (Wildman–Crippen LogP) is 2.52. The van der Waals surface area contributed by atoms with Crippen LogP contribution >= 0.6 is 27.5 Å². The Morgan fingerprint density at radius 1 is 1.57 bits per heavy atom. The molecule has 0 bridgehead atoms. The molecule has 154 valence electrons. The third kappa shape index (κ3) is 5.11. The highest BCUT2D eigenvalue weighted by atomic mass is 79.9. The van der Waals surface area contributed by atoms with Gasteiger partial charge in [0.05, 0.1) is 17.1 Å². The molecule has 0 unspecified atom stereocenters. The molecule has 1 heterocycles. The number of halogens is 2. The first-order chi connectivity index (χ1) is 13.2. The van der Waals surface area contributed by atoms with Crippen LogP contribution in [0.25, 0.3) is 0 Å². The van der Waals surface area contributed by atoms with Gasteiger partial charge in [0.2, 0.25) is 10.0 Å². The first-order valence-electron chi connectivity index (χ1n) is 8.62. The number of sulfonamides is 1. The van der Waals surface area contributed by atoms with E-state index in [0.717, 1.165) is 0 Å². The zero-order valence-corrected chi connectivity index (χ0v) is 18.7. The van der Waals surface area contributed by atoms with E-state index in [1.165, 1.54) is 29.8 Å². The summed E-state index contributed by atoms with van der Waals surface area (Å²) < 4.78 is 32.6. The second-order valence-electron chi connectivity index (χ2n) is 6.06. The highest BCUT2D eigenvalue weighted by molar-refractivity contribution is 9.10. The van der Waals surface area contributed by atoms with Gasteiger partial charge in [0.1, 0.15) is 16.6 Å². The molecule has 0 saturated heterocycles. The molecule has 0 spiro atoms. The second kappa shape index (κ2) is 9.82. The lowest BCUT2D eigenvalue weighted by Gasteiger charge is -2.33. The molecule has 1 aromatic heterocycles. The Kier molecular flexibility index (Phi) is 7.99. The Bertz CT molecular complexity index is 904. The average Bonchev–Trinajstić information content (AvgIpc) is 2.67. The lowest BCUT2D eigenvalue weighted by molar-refractivity contribution is -0.141. The van der Waals surface area contributed by atoms with Gasteiger partial charge >= 0.3 is 5.97 Å². The molecule has 1 aliphatic carbocycles. The van der Waals surface area contributed by atoms with Crippen molar-refractivity contribution in [3.63, 3.8) is 0 Å². The number of hydrogen-bond donors (Lipinski definition) is 1. The van der Waals surface area contributed by atoms with Crippen LogP contribution in [0, 0.1) is 0 Å². The maximum atomic E-state index is 13.1. The molecule has 11 heteroatoms.